The number of aryl methyl sites for hydroxylation is 1. The SMILES string of the molecule is COc1ccc(C)cc1-c1ccc(S(=O)(=O)N2c3ccccc3C[C@H]2C(=O)NCCOc2ccc(CC(=O)O)cc2)cc1. The number of hydrogen-bond acceptors (Lipinski definition) is 6. The zero-order valence-electron chi connectivity index (χ0n) is 23.8. The molecule has 5 rings (SSSR count). The molecule has 0 aliphatic carbocycles. The Morgan fingerprint density at radius 3 is 2.40 bits per heavy atom. The molecule has 0 fully saturated rings. The first-order valence-corrected chi connectivity index (χ1v) is 15.2. The van der Waals surface area contributed by atoms with E-state index in [1.54, 1.807) is 67.8 Å². The minimum atomic E-state index is -4.09. The first-order valence-electron chi connectivity index (χ1n) is 13.8. The Kier molecular flexibility index (Phi) is 8.68. The highest BCUT2D eigenvalue weighted by atomic mass is 32.2. The largest absolute Gasteiger partial charge is 0.496 e. The summed E-state index contributed by atoms with van der Waals surface area (Å²) in [7, 11) is -2.49. The minimum absolute atomic E-state index is 0.0760. The van der Waals surface area contributed by atoms with Crippen LogP contribution in [0.4, 0.5) is 5.69 Å². The third-order valence-electron chi connectivity index (χ3n) is 7.25. The summed E-state index contributed by atoms with van der Waals surface area (Å²) >= 11 is 0. The van der Waals surface area contributed by atoms with Crippen LogP contribution >= 0.6 is 0 Å². The van der Waals surface area contributed by atoms with Crippen molar-refractivity contribution in [3.63, 3.8) is 0 Å². The molecule has 4 aromatic carbocycles. The maximum atomic E-state index is 14.0. The van der Waals surface area contributed by atoms with Gasteiger partial charge in [0.05, 0.1) is 30.7 Å². The maximum Gasteiger partial charge on any atom is 0.307 e. The van der Waals surface area contributed by atoms with Crippen molar-refractivity contribution < 1.29 is 32.6 Å². The fraction of sp³-hybridized carbons (Fsp3) is 0.212. The number of carboxylic acid groups (broad SMARTS) is 1. The molecule has 2 N–H and O–H groups in total. The number of methoxy groups -OCH3 is 1. The quantitative estimate of drug-likeness (QED) is 0.241. The summed E-state index contributed by atoms with van der Waals surface area (Å²) in [5, 5.41) is 11.7. The summed E-state index contributed by atoms with van der Waals surface area (Å²) in [6.07, 6.45) is 0.164. The van der Waals surface area contributed by atoms with Crippen molar-refractivity contribution in [1.29, 1.82) is 0 Å². The Labute approximate surface area is 250 Å². The molecular weight excluding hydrogens is 568 g/mol. The van der Waals surface area contributed by atoms with Gasteiger partial charge in [-0.1, -0.05) is 54.1 Å². The lowest BCUT2D eigenvalue weighted by molar-refractivity contribution is -0.136. The highest BCUT2D eigenvalue weighted by Crippen LogP contribution is 2.38. The molecular formula is C33H32N2O7S. The molecule has 1 heterocycles. The molecule has 9 nitrogen and oxygen atoms in total. The molecule has 0 saturated carbocycles. The number of carboxylic acids is 1. The summed E-state index contributed by atoms with van der Waals surface area (Å²) in [5.74, 6) is -0.124. The fourth-order valence-corrected chi connectivity index (χ4v) is 6.81. The van der Waals surface area contributed by atoms with Crippen molar-refractivity contribution in [3.8, 4) is 22.6 Å². The number of carbonyl (C=O) groups is 2. The number of amides is 1. The number of sulfonamides is 1. The molecule has 1 aliphatic rings. The minimum Gasteiger partial charge on any atom is -0.496 e. The van der Waals surface area contributed by atoms with Gasteiger partial charge in [0.2, 0.25) is 5.91 Å². The molecule has 0 spiro atoms. The third kappa shape index (κ3) is 6.49. The molecule has 222 valence electrons. The summed E-state index contributed by atoms with van der Waals surface area (Å²) in [6, 6.07) is 25.2. The zero-order valence-corrected chi connectivity index (χ0v) is 24.6. The van der Waals surface area contributed by atoms with Gasteiger partial charge in [-0.15, -0.1) is 0 Å². The van der Waals surface area contributed by atoms with Gasteiger partial charge in [-0.05, 0) is 66.1 Å². The predicted molar refractivity (Wildman–Crippen MR) is 163 cm³/mol. The standard InChI is InChI=1S/C33H32N2O7S/c1-22-7-16-31(41-2)28(19-22)24-10-14-27(15-11-24)43(39,40)35-29-6-4-3-5-25(29)21-30(35)33(38)34-17-18-42-26-12-8-23(9-13-26)20-32(36)37/h3-16,19,30H,17-18,20-21H2,1-2H3,(H,34,38)(H,36,37)/t30-/m0/s1. The van der Waals surface area contributed by atoms with E-state index >= 15 is 0 Å². The van der Waals surface area contributed by atoms with Crippen molar-refractivity contribution in [3.05, 3.63) is 108 Å². The molecule has 10 heteroatoms. The van der Waals surface area contributed by atoms with E-state index in [-0.39, 0.29) is 30.9 Å². The van der Waals surface area contributed by atoms with E-state index in [1.807, 2.05) is 37.3 Å². The number of nitrogens with one attached hydrogen (secondary N) is 1. The molecule has 1 aliphatic heterocycles. The van der Waals surface area contributed by atoms with E-state index in [1.165, 1.54) is 4.31 Å². The van der Waals surface area contributed by atoms with Gasteiger partial charge in [0.15, 0.2) is 0 Å². The van der Waals surface area contributed by atoms with Gasteiger partial charge in [0, 0.05) is 12.0 Å². The maximum absolute atomic E-state index is 14.0. The van der Waals surface area contributed by atoms with E-state index in [0.29, 0.717) is 22.7 Å². The fourth-order valence-electron chi connectivity index (χ4n) is 5.16. The van der Waals surface area contributed by atoms with Gasteiger partial charge in [-0.25, -0.2) is 8.42 Å². The highest BCUT2D eigenvalue weighted by Gasteiger charge is 2.42. The normalized spacial score (nSPS) is 14.2. The lowest BCUT2D eigenvalue weighted by Crippen LogP contribution is -2.48. The van der Waals surface area contributed by atoms with Crippen molar-refractivity contribution in [2.75, 3.05) is 24.6 Å². The monoisotopic (exact) mass is 600 g/mol. The van der Waals surface area contributed by atoms with Crippen LogP contribution in [0.25, 0.3) is 11.1 Å². The molecule has 1 amide bonds. The van der Waals surface area contributed by atoms with Crippen LogP contribution in [-0.2, 0) is 32.5 Å². The van der Waals surface area contributed by atoms with Crippen LogP contribution in [0.3, 0.4) is 0 Å². The number of hydrogen-bond donors (Lipinski definition) is 2. The molecule has 0 bridgehead atoms. The number of para-hydroxylation sites is 1. The van der Waals surface area contributed by atoms with Crippen LogP contribution in [0.15, 0.2) is 95.9 Å². The van der Waals surface area contributed by atoms with Gasteiger partial charge in [0.1, 0.15) is 24.1 Å². The van der Waals surface area contributed by atoms with Crippen LogP contribution in [0.1, 0.15) is 16.7 Å². The number of anilines is 1. The van der Waals surface area contributed by atoms with Crippen LogP contribution < -0.4 is 19.1 Å². The second-order valence-corrected chi connectivity index (χ2v) is 12.0. The van der Waals surface area contributed by atoms with Gasteiger partial charge in [-0.3, -0.25) is 13.9 Å². The smallest absolute Gasteiger partial charge is 0.307 e. The van der Waals surface area contributed by atoms with Crippen molar-refractivity contribution in [1.82, 2.24) is 5.32 Å². The molecule has 43 heavy (non-hydrogen) atoms. The van der Waals surface area contributed by atoms with Gasteiger partial charge < -0.3 is 19.9 Å². The number of fused-ring (bicyclic) bond motifs is 1. The molecule has 4 aromatic rings. The number of rotatable bonds is 11. The van der Waals surface area contributed by atoms with E-state index < -0.39 is 27.9 Å². The summed E-state index contributed by atoms with van der Waals surface area (Å²) in [5.41, 5.74) is 4.62. The Morgan fingerprint density at radius 2 is 1.70 bits per heavy atom. The van der Waals surface area contributed by atoms with Crippen molar-refractivity contribution in [2.24, 2.45) is 0 Å². The first kappa shape index (κ1) is 29.7. The lowest BCUT2D eigenvalue weighted by atomic mass is 10.0. The topological polar surface area (TPSA) is 122 Å². The number of benzene rings is 4. The molecule has 1 atom stereocenters. The number of nitrogens with zero attached hydrogens (tertiary/aromatic N) is 1. The number of aliphatic carboxylic acids is 1. The molecule has 0 unspecified atom stereocenters. The number of carbonyl (C=O) groups excluding carboxylic acids is 1. The van der Waals surface area contributed by atoms with Crippen molar-refractivity contribution in [2.45, 2.75) is 30.7 Å². The van der Waals surface area contributed by atoms with Crippen molar-refractivity contribution >= 4 is 27.6 Å². The van der Waals surface area contributed by atoms with Gasteiger partial charge in [0.25, 0.3) is 10.0 Å². The van der Waals surface area contributed by atoms with Crippen LogP contribution in [0, 0.1) is 6.92 Å². The van der Waals surface area contributed by atoms with Gasteiger partial charge >= 0.3 is 5.97 Å². The average Bonchev–Trinajstić information content (AvgIpc) is 3.41. The van der Waals surface area contributed by atoms with E-state index in [9.17, 15) is 18.0 Å². The Hall–Kier alpha value is -4.83. The lowest BCUT2D eigenvalue weighted by Gasteiger charge is -2.26. The average molecular weight is 601 g/mol. The molecule has 0 aromatic heterocycles. The zero-order chi connectivity index (χ0) is 30.6. The van der Waals surface area contributed by atoms with Crippen LogP contribution in [0.5, 0.6) is 11.5 Å². The first-order chi connectivity index (χ1) is 20.7. The van der Waals surface area contributed by atoms with E-state index in [2.05, 4.69) is 5.32 Å². The summed E-state index contributed by atoms with van der Waals surface area (Å²) in [4.78, 5) is 24.3. The summed E-state index contributed by atoms with van der Waals surface area (Å²) < 4.78 is 40.4. The molecule has 0 saturated heterocycles. The predicted octanol–water partition coefficient (Wildman–Crippen LogP) is 4.61. The van der Waals surface area contributed by atoms with Crippen LogP contribution in [-0.4, -0.2) is 51.7 Å². The molecule has 0 radical (unpaired) electrons. The second-order valence-electron chi connectivity index (χ2n) is 10.2. The number of ether oxygens (including phenoxy) is 2. The van der Waals surface area contributed by atoms with Gasteiger partial charge in [-0.2, -0.15) is 0 Å². The van der Waals surface area contributed by atoms with Crippen LogP contribution in [0.2, 0.25) is 0 Å². The Bertz CT molecular complexity index is 1740. The summed E-state index contributed by atoms with van der Waals surface area (Å²) in [6.45, 7) is 2.29. The second kappa shape index (κ2) is 12.6. The Balaban J connectivity index is 1.30. The highest BCUT2D eigenvalue weighted by molar-refractivity contribution is 7.93. The van der Waals surface area contributed by atoms with E-state index in [0.717, 1.165) is 22.3 Å². The Morgan fingerprint density at radius 1 is 0.977 bits per heavy atom. The van der Waals surface area contributed by atoms with E-state index in [4.69, 9.17) is 14.6 Å². The third-order valence-corrected chi connectivity index (χ3v) is 9.09.